The molecule has 70 valence electrons. The summed E-state index contributed by atoms with van der Waals surface area (Å²) in [6.45, 7) is 1.58. The Hall–Kier alpha value is -0.610. The van der Waals surface area contributed by atoms with Crippen LogP contribution in [0.15, 0.2) is 0 Å². The third-order valence-electron chi connectivity index (χ3n) is 2.04. The molecule has 2 unspecified atom stereocenters. The van der Waals surface area contributed by atoms with E-state index < -0.39 is 5.97 Å². The van der Waals surface area contributed by atoms with E-state index in [9.17, 15) is 4.79 Å². The summed E-state index contributed by atoms with van der Waals surface area (Å²) in [6, 6.07) is 0.208. The second-order valence-corrected chi connectivity index (χ2v) is 3.09. The minimum Gasteiger partial charge on any atom is -0.481 e. The van der Waals surface area contributed by atoms with Crippen molar-refractivity contribution in [2.24, 2.45) is 5.92 Å². The molecule has 4 nitrogen and oxygen atoms in total. The van der Waals surface area contributed by atoms with Gasteiger partial charge >= 0.3 is 5.97 Å². The molecular formula is C8H15NO3. The number of rotatable bonds is 6. The van der Waals surface area contributed by atoms with Gasteiger partial charge in [-0.2, -0.15) is 0 Å². The van der Waals surface area contributed by atoms with Crippen LogP contribution in [0.4, 0.5) is 0 Å². The average Bonchev–Trinajstić information content (AvgIpc) is 2.77. The van der Waals surface area contributed by atoms with Crippen LogP contribution in [0.3, 0.4) is 0 Å². The maximum atomic E-state index is 10.4. The van der Waals surface area contributed by atoms with Crippen molar-refractivity contribution < 1.29 is 14.6 Å². The van der Waals surface area contributed by atoms with Crippen LogP contribution in [0.1, 0.15) is 12.8 Å². The zero-order valence-electron chi connectivity index (χ0n) is 7.25. The first-order valence-electron chi connectivity index (χ1n) is 4.21. The molecule has 2 N–H and O–H groups in total. The fourth-order valence-corrected chi connectivity index (χ4v) is 1.20. The average molecular weight is 173 g/mol. The second kappa shape index (κ2) is 4.42. The largest absolute Gasteiger partial charge is 0.481 e. The van der Waals surface area contributed by atoms with Gasteiger partial charge in [-0.1, -0.05) is 0 Å². The van der Waals surface area contributed by atoms with Gasteiger partial charge in [0, 0.05) is 19.8 Å². The molecule has 0 spiro atoms. The number of ether oxygens (including phenoxy) is 1. The molecule has 0 aromatic carbocycles. The maximum Gasteiger partial charge on any atom is 0.308 e. The van der Waals surface area contributed by atoms with Gasteiger partial charge in [0.2, 0.25) is 0 Å². The predicted octanol–water partition coefficient (Wildman–Crippen LogP) is 0.0856. The molecule has 0 aromatic rings. The Bertz CT molecular complexity index is 160. The lowest BCUT2D eigenvalue weighted by molar-refractivity contribution is -0.138. The zero-order valence-corrected chi connectivity index (χ0v) is 7.25. The predicted molar refractivity (Wildman–Crippen MR) is 44.0 cm³/mol. The highest BCUT2D eigenvalue weighted by Crippen LogP contribution is 2.29. The van der Waals surface area contributed by atoms with Crippen molar-refractivity contribution in [2.45, 2.75) is 18.9 Å². The van der Waals surface area contributed by atoms with E-state index in [-0.39, 0.29) is 12.0 Å². The lowest BCUT2D eigenvalue weighted by Gasteiger charge is -2.01. The van der Waals surface area contributed by atoms with Gasteiger partial charge in [0.05, 0.1) is 5.92 Å². The van der Waals surface area contributed by atoms with Crippen LogP contribution < -0.4 is 5.32 Å². The molecule has 0 amide bonds. The van der Waals surface area contributed by atoms with E-state index in [1.54, 1.807) is 7.11 Å². The number of carbonyl (C=O) groups is 1. The smallest absolute Gasteiger partial charge is 0.308 e. The molecule has 0 radical (unpaired) electrons. The second-order valence-electron chi connectivity index (χ2n) is 3.09. The molecule has 0 bridgehead atoms. The number of carboxylic acid groups (broad SMARTS) is 1. The van der Waals surface area contributed by atoms with Crippen LogP contribution >= 0.6 is 0 Å². The molecule has 12 heavy (non-hydrogen) atoms. The third-order valence-corrected chi connectivity index (χ3v) is 2.04. The molecular weight excluding hydrogens is 158 g/mol. The van der Waals surface area contributed by atoms with Gasteiger partial charge < -0.3 is 15.2 Å². The summed E-state index contributed by atoms with van der Waals surface area (Å²) < 4.78 is 4.86. The van der Waals surface area contributed by atoms with E-state index in [4.69, 9.17) is 9.84 Å². The molecule has 2 atom stereocenters. The van der Waals surface area contributed by atoms with E-state index >= 15 is 0 Å². The van der Waals surface area contributed by atoms with Crippen LogP contribution in [0, 0.1) is 5.92 Å². The molecule has 0 saturated heterocycles. The van der Waals surface area contributed by atoms with E-state index in [2.05, 4.69) is 5.32 Å². The first-order valence-corrected chi connectivity index (χ1v) is 4.21. The Morgan fingerprint density at radius 2 is 2.50 bits per heavy atom. The van der Waals surface area contributed by atoms with Gasteiger partial charge in [0.15, 0.2) is 0 Å². The maximum absolute atomic E-state index is 10.4. The van der Waals surface area contributed by atoms with Gasteiger partial charge in [0.1, 0.15) is 0 Å². The molecule has 1 saturated carbocycles. The van der Waals surface area contributed by atoms with Crippen molar-refractivity contribution >= 4 is 5.97 Å². The lowest BCUT2D eigenvalue weighted by Crippen LogP contribution is -2.22. The van der Waals surface area contributed by atoms with Gasteiger partial charge in [-0.15, -0.1) is 0 Å². The summed E-state index contributed by atoms with van der Waals surface area (Å²) in [5, 5.41) is 11.7. The van der Waals surface area contributed by atoms with Crippen molar-refractivity contribution in [1.29, 1.82) is 0 Å². The van der Waals surface area contributed by atoms with Crippen LogP contribution in [0.2, 0.25) is 0 Å². The van der Waals surface area contributed by atoms with Gasteiger partial charge in [-0.3, -0.25) is 4.79 Å². The van der Waals surface area contributed by atoms with E-state index in [1.165, 1.54) is 0 Å². The molecule has 1 aliphatic carbocycles. The third kappa shape index (κ3) is 2.79. The molecule has 4 heteroatoms. The Labute approximate surface area is 71.9 Å². The highest BCUT2D eigenvalue weighted by atomic mass is 16.5. The fourth-order valence-electron chi connectivity index (χ4n) is 1.20. The molecule has 1 rings (SSSR count). The Kier molecular flexibility index (Phi) is 3.49. The molecule has 1 aliphatic rings. The molecule has 1 fully saturated rings. The number of nitrogens with one attached hydrogen (secondary N) is 1. The van der Waals surface area contributed by atoms with Crippen LogP contribution in [-0.2, 0) is 9.53 Å². The number of aliphatic carboxylic acids is 1. The summed E-state index contributed by atoms with van der Waals surface area (Å²) in [7, 11) is 1.66. The highest BCUT2D eigenvalue weighted by molar-refractivity contribution is 5.74. The lowest BCUT2D eigenvalue weighted by atomic mass is 10.4. The molecule has 0 aromatic heterocycles. The highest BCUT2D eigenvalue weighted by Gasteiger charge is 2.42. The van der Waals surface area contributed by atoms with Gasteiger partial charge in [-0.05, 0) is 19.4 Å². The summed E-state index contributed by atoms with van der Waals surface area (Å²) in [4.78, 5) is 10.4. The minimum absolute atomic E-state index is 0.146. The topological polar surface area (TPSA) is 58.6 Å². The van der Waals surface area contributed by atoms with Gasteiger partial charge in [-0.25, -0.2) is 0 Å². The summed E-state index contributed by atoms with van der Waals surface area (Å²) in [5.74, 6) is -0.827. The SMILES string of the molecule is COCCCNC1CC1C(=O)O. The van der Waals surface area contributed by atoms with Crippen molar-refractivity contribution in [3.05, 3.63) is 0 Å². The van der Waals surface area contributed by atoms with Crippen molar-refractivity contribution in [1.82, 2.24) is 5.32 Å². The minimum atomic E-state index is -0.681. The Balaban J connectivity index is 1.93. The fraction of sp³-hybridized carbons (Fsp3) is 0.875. The van der Waals surface area contributed by atoms with Crippen molar-refractivity contribution in [3.63, 3.8) is 0 Å². The first kappa shape index (κ1) is 9.48. The van der Waals surface area contributed by atoms with E-state index in [0.717, 1.165) is 26.0 Å². The van der Waals surface area contributed by atoms with E-state index in [1.807, 2.05) is 0 Å². The summed E-state index contributed by atoms with van der Waals surface area (Å²) in [5.41, 5.74) is 0. The zero-order chi connectivity index (χ0) is 8.97. The summed E-state index contributed by atoms with van der Waals surface area (Å²) >= 11 is 0. The monoisotopic (exact) mass is 173 g/mol. The van der Waals surface area contributed by atoms with Gasteiger partial charge in [0.25, 0.3) is 0 Å². The Morgan fingerprint density at radius 3 is 3.00 bits per heavy atom. The van der Waals surface area contributed by atoms with E-state index in [0.29, 0.717) is 0 Å². The summed E-state index contributed by atoms with van der Waals surface area (Å²) in [6.07, 6.45) is 1.72. The number of methoxy groups -OCH3 is 1. The standard InChI is InChI=1S/C8H15NO3/c1-12-4-2-3-9-7-5-6(7)8(10)11/h6-7,9H,2-5H2,1H3,(H,10,11). The Morgan fingerprint density at radius 1 is 1.75 bits per heavy atom. The van der Waals surface area contributed by atoms with Crippen LogP contribution in [-0.4, -0.2) is 37.4 Å². The first-order chi connectivity index (χ1) is 5.75. The normalized spacial score (nSPS) is 27.1. The van der Waals surface area contributed by atoms with Crippen LogP contribution in [0.5, 0.6) is 0 Å². The quantitative estimate of drug-likeness (QED) is 0.559. The van der Waals surface area contributed by atoms with Crippen molar-refractivity contribution in [3.8, 4) is 0 Å². The van der Waals surface area contributed by atoms with Crippen LogP contribution in [0.25, 0.3) is 0 Å². The molecule has 0 aliphatic heterocycles. The van der Waals surface area contributed by atoms with Crippen molar-refractivity contribution in [2.75, 3.05) is 20.3 Å². The number of hydrogen-bond donors (Lipinski definition) is 2. The molecule has 0 heterocycles. The number of hydrogen-bond acceptors (Lipinski definition) is 3. The number of carboxylic acids is 1.